The summed E-state index contributed by atoms with van der Waals surface area (Å²) in [7, 11) is 4.05. The van der Waals surface area contributed by atoms with Gasteiger partial charge in [0.15, 0.2) is 0 Å². The zero-order chi connectivity index (χ0) is 13.8. The largest absolute Gasteiger partial charge is 0.492 e. The van der Waals surface area contributed by atoms with E-state index in [1.54, 1.807) is 0 Å². The first kappa shape index (κ1) is 14.6. The lowest BCUT2D eigenvalue weighted by Crippen LogP contribution is -2.19. The van der Waals surface area contributed by atoms with E-state index in [-0.39, 0.29) is 0 Å². The first-order valence-corrected chi connectivity index (χ1v) is 7.44. The van der Waals surface area contributed by atoms with Gasteiger partial charge in [0, 0.05) is 12.1 Å². The minimum atomic E-state index is 0.685. The Morgan fingerprint density at radius 3 is 2.42 bits per heavy atom. The minimum absolute atomic E-state index is 0.685. The van der Waals surface area contributed by atoms with E-state index in [2.05, 4.69) is 46.7 Å². The van der Waals surface area contributed by atoms with Crippen LogP contribution in [0.1, 0.15) is 0 Å². The molecule has 1 aromatic heterocycles. The Balaban J connectivity index is 2.02. The minimum Gasteiger partial charge on any atom is -0.492 e. The second-order valence-electron chi connectivity index (χ2n) is 4.37. The molecule has 0 amide bonds. The maximum atomic E-state index is 5.65. The molecule has 0 aliphatic heterocycles. The Bertz CT molecular complexity index is 518. The molecule has 1 heterocycles. The topological polar surface area (TPSA) is 41.1 Å². The number of rotatable bonds is 5. The summed E-state index contributed by atoms with van der Waals surface area (Å²) in [6, 6.07) is 7.88. The van der Waals surface area contributed by atoms with Gasteiger partial charge >= 0.3 is 0 Å². The molecule has 2 rings (SSSR count). The van der Waals surface area contributed by atoms with Crippen LogP contribution >= 0.6 is 31.9 Å². The Morgan fingerprint density at radius 2 is 1.89 bits per heavy atom. The maximum Gasteiger partial charge on any atom is 0.139 e. The SMILES string of the molecule is CN(C)CCOc1ccc(-c2nc(Br)c(Br)[nH]2)cc1. The predicted octanol–water partition coefficient (Wildman–Crippen LogP) is 3.54. The molecule has 19 heavy (non-hydrogen) atoms. The molecule has 0 saturated carbocycles. The summed E-state index contributed by atoms with van der Waals surface area (Å²) in [5.41, 5.74) is 1.02. The van der Waals surface area contributed by atoms with E-state index in [0.29, 0.717) is 6.61 Å². The summed E-state index contributed by atoms with van der Waals surface area (Å²) >= 11 is 6.74. The molecule has 0 fully saturated rings. The molecule has 0 aliphatic rings. The quantitative estimate of drug-likeness (QED) is 0.851. The summed E-state index contributed by atoms with van der Waals surface area (Å²) < 4.78 is 7.26. The zero-order valence-electron chi connectivity index (χ0n) is 10.8. The molecule has 4 nitrogen and oxygen atoms in total. The van der Waals surface area contributed by atoms with Crippen molar-refractivity contribution in [1.29, 1.82) is 0 Å². The number of nitrogens with one attached hydrogen (secondary N) is 1. The number of nitrogens with zero attached hydrogens (tertiary/aromatic N) is 2. The van der Waals surface area contributed by atoms with Gasteiger partial charge in [-0.2, -0.15) is 0 Å². The Labute approximate surface area is 129 Å². The molecule has 0 aliphatic carbocycles. The number of aromatic nitrogens is 2. The average molecular weight is 389 g/mol. The number of H-pyrrole nitrogens is 1. The van der Waals surface area contributed by atoms with Crippen molar-refractivity contribution in [2.24, 2.45) is 0 Å². The van der Waals surface area contributed by atoms with Crippen LogP contribution in [0.4, 0.5) is 0 Å². The lowest BCUT2D eigenvalue weighted by Gasteiger charge is -2.11. The van der Waals surface area contributed by atoms with Gasteiger partial charge in [-0.05, 0) is 70.2 Å². The van der Waals surface area contributed by atoms with Crippen molar-refractivity contribution in [2.45, 2.75) is 0 Å². The van der Waals surface area contributed by atoms with E-state index in [0.717, 1.165) is 32.9 Å². The monoisotopic (exact) mass is 387 g/mol. The fourth-order valence-corrected chi connectivity index (χ4v) is 2.08. The Kier molecular flexibility index (Phi) is 5.01. The van der Waals surface area contributed by atoms with Crippen LogP contribution in [-0.4, -0.2) is 42.1 Å². The molecule has 102 valence electrons. The molecule has 0 spiro atoms. The number of halogens is 2. The number of benzene rings is 1. The average Bonchev–Trinajstić information content (AvgIpc) is 2.70. The zero-order valence-corrected chi connectivity index (χ0v) is 14.0. The van der Waals surface area contributed by atoms with Gasteiger partial charge in [0.1, 0.15) is 27.4 Å². The predicted molar refractivity (Wildman–Crippen MR) is 83.5 cm³/mol. The molecule has 1 aromatic carbocycles. The van der Waals surface area contributed by atoms with E-state index in [1.165, 1.54) is 0 Å². The summed E-state index contributed by atoms with van der Waals surface area (Å²) in [6.07, 6.45) is 0. The smallest absolute Gasteiger partial charge is 0.139 e. The normalized spacial score (nSPS) is 11.0. The summed E-state index contributed by atoms with van der Waals surface area (Å²) in [5, 5.41) is 0. The van der Waals surface area contributed by atoms with Crippen molar-refractivity contribution < 1.29 is 4.74 Å². The highest BCUT2D eigenvalue weighted by Gasteiger charge is 2.07. The lowest BCUT2D eigenvalue weighted by molar-refractivity contribution is 0.261. The first-order valence-electron chi connectivity index (χ1n) is 5.85. The van der Waals surface area contributed by atoms with Crippen molar-refractivity contribution in [1.82, 2.24) is 14.9 Å². The molecule has 2 aromatic rings. The van der Waals surface area contributed by atoms with Crippen LogP contribution < -0.4 is 4.74 Å². The number of aromatic amines is 1. The molecule has 0 bridgehead atoms. The summed E-state index contributed by atoms with van der Waals surface area (Å²) in [5.74, 6) is 1.69. The Morgan fingerprint density at radius 1 is 1.21 bits per heavy atom. The number of hydrogen-bond donors (Lipinski definition) is 1. The van der Waals surface area contributed by atoms with E-state index >= 15 is 0 Å². The highest BCUT2D eigenvalue weighted by Crippen LogP contribution is 2.26. The standard InChI is InChI=1S/C13H15Br2N3O/c1-18(2)7-8-19-10-5-3-9(4-6-10)13-16-11(14)12(15)17-13/h3-6H,7-8H2,1-2H3,(H,16,17). The molecule has 0 saturated heterocycles. The molecular weight excluding hydrogens is 374 g/mol. The van der Waals surface area contributed by atoms with E-state index < -0.39 is 0 Å². The fraction of sp³-hybridized carbons (Fsp3) is 0.308. The maximum absolute atomic E-state index is 5.65. The van der Waals surface area contributed by atoms with Crippen LogP contribution in [0.2, 0.25) is 0 Å². The fourth-order valence-electron chi connectivity index (χ4n) is 1.52. The third kappa shape index (κ3) is 4.06. The molecule has 6 heteroatoms. The van der Waals surface area contributed by atoms with Gasteiger partial charge in [0.05, 0.1) is 0 Å². The van der Waals surface area contributed by atoms with Gasteiger partial charge in [-0.3, -0.25) is 0 Å². The van der Waals surface area contributed by atoms with Gasteiger partial charge in [-0.1, -0.05) is 0 Å². The Hall–Kier alpha value is -0.850. The van der Waals surface area contributed by atoms with Crippen LogP contribution in [0, 0.1) is 0 Å². The second-order valence-corrected chi connectivity index (χ2v) is 5.91. The number of hydrogen-bond acceptors (Lipinski definition) is 3. The van der Waals surface area contributed by atoms with Crippen LogP contribution in [0.15, 0.2) is 33.5 Å². The highest BCUT2D eigenvalue weighted by atomic mass is 79.9. The van der Waals surface area contributed by atoms with Gasteiger partial charge < -0.3 is 14.6 Å². The number of likely N-dealkylation sites (N-methyl/N-ethyl adjacent to an activating group) is 1. The van der Waals surface area contributed by atoms with Crippen molar-refractivity contribution in [3.8, 4) is 17.1 Å². The summed E-state index contributed by atoms with van der Waals surface area (Å²) in [6.45, 7) is 1.59. The highest BCUT2D eigenvalue weighted by molar-refractivity contribution is 9.13. The van der Waals surface area contributed by atoms with Gasteiger partial charge in [0.25, 0.3) is 0 Å². The van der Waals surface area contributed by atoms with Crippen molar-refractivity contribution in [3.63, 3.8) is 0 Å². The first-order chi connectivity index (χ1) is 9.06. The van der Waals surface area contributed by atoms with E-state index in [1.807, 2.05) is 38.4 Å². The van der Waals surface area contributed by atoms with Crippen LogP contribution in [0.3, 0.4) is 0 Å². The number of imidazole rings is 1. The van der Waals surface area contributed by atoms with E-state index in [4.69, 9.17) is 4.74 Å². The third-order valence-electron chi connectivity index (χ3n) is 2.55. The molecule has 0 atom stereocenters. The van der Waals surface area contributed by atoms with Crippen molar-refractivity contribution in [3.05, 3.63) is 33.5 Å². The summed E-state index contributed by atoms with van der Waals surface area (Å²) in [4.78, 5) is 9.60. The molecule has 0 unspecified atom stereocenters. The van der Waals surface area contributed by atoms with Crippen LogP contribution in [0.25, 0.3) is 11.4 Å². The van der Waals surface area contributed by atoms with E-state index in [9.17, 15) is 0 Å². The van der Waals surface area contributed by atoms with Gasteiger partial charge in [-0.25, -0.2) is 4.98 Å². The third-order valence-corrected chi connectivity index (χ3v) is 4.23. The molecule has 1 N–H and O–H groups in total. The van der Waals surface area contributed by atoms with Crippen molar-refractivity contribution >= 4 is 31.9 Å². The van der Waals surface area contributed by atoms with Gasteiger partial charge in [0.2, 0.25) is 0 Å². The number of ether oxygens (including phenoxy) is 1. The van der Waals surface area contributed by atoms with Gasteiger partial charge in [-0.15, -0.1) is 0 Å². The second kappa shape index (κ2) is 6.54. The van der Waals surface area contributed by atoms with Crippen molar-refractivity contribution in [2.75, 3.05) is 27.2 Å². The molecular formula is C13H15Br2N3O. The van der Waals surface area contributed by atoms with Crippen LogP contribution in [0.5, 0.6) is 5.75 Å². The lowest BCUT2D eigenvalue weighted by atomic mass is 10.2. The molecule has 0 radical (unpaired) electrons. The van der Waals surface area contributed by atoms with Crippen LogP contribution in [-0.2, 0) is 0 Å².